The van der Waals surface area contributed by atoms with Crippen LogP contribution >= 0.6 is 0 Å². The molecule has 196 valence electrons. The molecule has 3 aromatic rings. The predicted octanol–water partition coefficient (Wildman–Crippen LogP) is 5.18. The molecule has 0 aromatic heterocycles. The molecule has 8 nitrogen and oxygen atoms in total. The van der Waals surface area contributed by atoms with Crippen molar-refractivity contribution >= 4 is 40.6 Å². The van der Waals surface area contributed by atoms with E-state index in [-0.39, 0.29) is 22.9 Å². The van der Waals surface area contributed by atoms with Crippen LogP contribution in [0.2, 0.25) is 0 Å². The van der Waals surface area contributed by atoms with E-state index >= 15 is 0 Å². The first-order chi connectivity index (χ1) is 18.6. The van der Waals surface area contributed by atoms with Gasteiger partial charge in [0.25, 0.3) is 5.69 Å². The number of anilines is 2. The summed E-state index contributed by atoms with van der Waals surface area (Å²) >= 11 is 0. The zero-order valence-corrected chi connectivity index (χ0v) is 21.8. The summed E-state index contributed by atoms with van der Waals surface area (Å²) in [6.45, 7) is 5.41. The average molecular weight is 522 g/mol. The Morgan fingerprint density at radius 3 is 2.46 bits per heavy atom. The lowest BCUT2D eigenvalue weighted by Crippen LogP contribution is -2.51. The molecule has 3 aliphatic rings. The fourth-order valence-corrected chi connectivity index (χ4v) is 6.52. The molecule has 39 heavy (non-hydrogen) atoms. The molecule has 3 aromatic carbocycles. The van der Waals surface area contributed by atoms with E-state index in [9.17, 15) is 24.5 Å². The van der Waals surface area contributed by atoms with Crippen molar-refractivity contribution in [2.45, 2.75) is 38.3 Å². The van der Waals surface area contributed by atoms with E-state index < -0.39 is 39.5 Å². The van der Waals surface area contributed by atoms with Gasteiger partial charge in [-0.3, -0.25) is 24.5 Å². The van der Waals surface area contributed by atoms with E-state index in [0.717, 1.165) is 11.3 Å². The van der Waals surface area contributed by atoms with Gasteiger partial charge in [0, 0.05) is 34.5 Å². The minimum absolute atomic E-state index is 0.0922. The highest BCUT2D eigenvalue weighted by molar-refractivity contribution is 6.17. The number of para-hydroxylation sites is 2. The van der Waals surface area contributed by atoms with Crippen molar-refractivity contribution in [2.24, 2.45) is 11.3 Å². The number of nitrogens with one attached hydrogen (secondary N) is 1. The maximum Gasteiger partial charge on any atom is 0.270 e. The molecular formula is C31H27N3O5. The van der Waals surface area contributed by atoms with Gasteiger partial charge in [0.15, 0.2) is 11.6 Å². The topological polar surface area (TPSA) is 110 Å². The maximum atomic E-state index is 14.6. The number of amides is 1. The van der Waals surface area contributed by atoms with Gasteiger partial charge >= 0.3 is 0 Å². The number of fused-ring (bicyclic) bond motifs is 6. The normalized spacial score (nSPS) is 24.6. The second-order valence-electron chi connectivity index (χ2n) is 11.3. The minimum Gasteiger partial charge on any atom is -0.352 e. The highest BCUT2D eigenvalue weighted by Crippen LogP contribution is 2.58. The summed E-state index contributed by atoms with van der Waals surface area (Å²) in [6.07, 6.45) is 3.85. The molecule has 1 N–H and O–H groups in total. The van der Waals surface area contributed by atoms with Gasteiger partial charge in [0.1, 0.15) is 11.5 Å². The van der Waals surface area contributed by atoms with Crippen LogP contribution in [0.5, 0.6) is 0 Å². The van der Waals surface area contributed by atoms with Crippen LogP contribution in [0.25, 0.3) is 6.08 Å². The lowest BCUT2D eigenvalue weighted by atomic mass is 9.63. The molecule has 3 aliphatic heterocycles. The van der Waals surface area contributed by atoms with Crippen LogP contribution in [0.1, 0.15) is 42.3 Å². The molecule has 1 spiro atoms. The number of hydrogen-bond donors (Lipinski definition) is 1. The van der Waals surface area contributed by atoms with Crippen LogP contribution in [-0.4, -0.2) is 34.5 Å². The van der Waals surface area contributed by atoms with E-state index in [0.29, 0.717) is 11.3 Å². The smallest absolute Gasteiger partial charge is 0.270 e. The van der Waals surface area contributed by atoms with Crippen molar-refractivity contribution in [3.8, 4) is 0 Å². The van der Waals surface area contributed by atoms with E-state index in [2.05, 4.69) is 5.32 Å². The van der Waals surface area contributed by atoms with Crippen LogP contribution in [0, 0.1) is 21.4 Å². The molecule has 0 bridgehead atoms. The number of nitro benzene ring substituents is 1. The number of nitro groups is 1. The zero-order chi connectivity index (χ0) is 27.7. The lowest BCUT2D eigenvalue weighted by Gasteiger charge is -2.38. The van der Waals surface area contributed by atoms with Gasteiger partial charge in [-0.2, -0.15) is 0 Å². The SMILES string of the molecule is CC(C)(C)C(=O)[C@@H]1[C@H](C(=O)c2cccc([N+](=O)[O-])c2)[C@]2(C(=O)Nc3ccccc32)[C@H]2C=Cc3ccccc3N12. The lowest BCUT2D eigenvalue weighted by molar-refractivity contribution is -0.384. The first-order valence-electron chi connectivity index (χ1n) is 12.9. The molecule has 6 rings (SSSR count). The van der Waals surface area contributed by atoms with Crippen molar-refractivity contribution in [1.82, 2.24) is 0 Å². The van der Waals surface area contributed by atoms with Crippen molar-refractivity contribution in [1.29, 1.82) is 0 Å². The average Bonchev–Trinajstić information content (AvgIpc) is 3.40. The van der Waals surface area contributed by atoms with E-state index in [1.54, 1.807) is 26.8 Å². The summed E-state index contributed by atoms with van der Waals surface area (Å²) in [6, 6.07) is 18.8. The number of Topliss-reactive ketones (excluding diaryl/α,β-unsaturated/α-hetero) is 2. The third-order valence-electron chi connectivity index (χ3n) is 8.17. The number of carbonyl (C=O) groups is 3. The summed E-state index contributed by atoms with van der Waals surface area (Å²) in [7, 11) is 0. The summed E-state index contributed by atoms with van der Waals surface area (Å²) in [5.41, 5.74) is 0.461. The van der Waals surface area contributed by atoms with E-state index in [1.807, 2.05) is 59.5 Å². The van der Waals surface area contributed by atoms with Crippen molar-refractivity contribution in [2.75, 3.05) is 10.2 Å². The molecule has 3 heterocycles. The maximum absolute atomic E-state index is 14.6. The molecule has 0 unspecified atom stereocenters. The van der Waals surface area contributed by atoms with Crippen molar-refractivity contribution < 1.29 is 19.3 Å². The van der Waals surface area contributed by atoms with E-state index in [4.69, 9.17) is 0 Å². The van der Waals surface area contributed by atoms with Crippen LogP contribution in [-0.2, 0) is 15.0 Å². The Morgan fingerprint density at radius 1 is 1.00 bits per heavy atom. The van der Waals surface area contributed by atoms with Gasteiger partial charge in [-0.1, -0.05) is 81.5 Å². The molecule has 0 saturated carbocycles. The van der Waals surface area contributed by atoms with Crippen molar-refractivity contribution in [3.05, 3.63) is 106 Å². The third kappa shape index (κ3) is 3.40. The fourth-order valence-electron chi connectivity index (χ4n) is 6.52. The molecule has 4 atom stereocenters. The summed E-state index contributed by atoms with van der Waals surface area (Å²) < 4.78 is 0. The minimum atomic E-state index is -1.44. The quantitative estimate of drug-likeness (QED) is 0.288. The van der Waals surface area contributed by atoms with Gasteiger partial charge in [-0.15, -0.1) is 0 Å². The number of ketones is 2. The zero-order valence-electron chi connectivity index (χ0n) is 21.8. The number of benzene rings is 3. The molecule has 1 fully saturated rings. The predicted molar refractivity (Wildman–Crippen MR) is 148 cm³/mol. The van der Waals surface area contributed by atoms with Crippen LogP contribution in [0.4, 0.5) is 17.1 Å². The second-order valence-corrected chi connectivity index (χ2v) is 11.3. The van der Waals surface area contributed by atoms with Gasteiger partial charge in [-0.05, 0) is 23.3 Å². The summed E-state index contributed by atoms with van der Waals surface area (Å²) in [5.74, 6) is -2.17. The Labute approximate surface area is 225 Å². The van der Waals surface area contributed by atoms with Crippen molar-refractivity contribution in [3.63, 3.8) is 0 Å². The van der Waals surface area contributed by atoms with Crippen LogP contribution in [0.15, 0.2) is 78.9 Å². The highest BCUT2D eigenvalue weighted by Gasteiger charge is 2.70. The first-order valence-corrected chi connectivity index (χ1v) is 12.9. The van der Waals surface area contributed by atoms with Gasteiger partial charge in [0.05, 0.1) is 16.9 Å². The van der Waals surface area contributed by atoms with E-state index in [1.165, 1.54) is 24.3 Å². The van der Waals surface area contributed by atoms with Crippen LogP contribution in [0.3, 0.4) is 0 Å². The Balaban J connectivity index is 1.68. The monoisotopic (exact) mass is 521 g/mol. The second kappa shape index (κ2) is 8.46. The Morgan fingerprint density at radius 2 is 1.72 bits per heavy atom. The standard InChI is InChI=1S/C31H27N3O5/c1-30(2,3)28(36)26-25(27(35)19-10-8-11-20(17-19)34(38)39)31(21-12-5-6-13-22(21)32-29(31)37)24-16-15-18-9-4-7-14-23(18)33(24)26/h4-17,24-26H,1-3H3,(H,32,37)/t24-,25-,26+,31-/m1/s1. The molecule has 1 amide bonds. The Bertz CT molecular complexity index is 1600. The Kier molecular flexibility index (Phi) is 5.36. The summed E-state index contributed by atoms with van der Waals surface area (Å²) in [5, 5.41) is 14.5. The Hall–Kier alpha value is -4.59. The molecule has 1 saturated heterocycles. The molecule has 0 aliphatic carbocycles. The number of carbonyl (C=O) groups excluding carboxylic acids is 3. The number of non-ortho nitro benzene ring substituents is 1. The number of hydrogen-bond acceptors (Lipinski definition) is 6. The molecule has 0 radical (unpaired) electrons. The fraction of sp³-hybridized carbons (Fsp3) is 0.258. The number of nitrogens with zero attached hydrogens (tertiary/aromatic N) is 2. The summed E-state index contributed by atoms with van der Waals surface area (Å²) in [4.78, 5) is 56.1. The number of rotatable bonds is 4. The molecular weight excluding hydrogens is 494 g/mol. The first kappa shape index (κ1) is 24.7. The molecule has 8 heteroatoms. The highest BCUT2D eigenvalue weighted by atomic mass is 16.6. The van der Waals surface area contributed by atoms with Crippen LogP contribution < -0.4 is 10.2 Å². The third-order valence-corrected chi connectivity index (χ3v) is 8.17. The van der Waals surface area contributed by atoms with Gasteiger partial charge in [-0.25, -0.2) is 0 Å². The largest absolute Gasteiger partial charge is 0.352 e. The van der Waals surface area contributed by atoms with Gasteiger partial charge < -0.3 is 10.2 Å². The van der Waals surface area contributed by atoms with Gasteiger partial charge in [0.2, 0.25) is 5.91 Å².